The minimum absolute atomic E-state index is 0.237. The molecule has 2 fully saturated rings. The molecule has 0 spiro atoms. The highest BCUT2D eigenvalue weighted by atomic mass is 16.2. The lowest BCUT2D eigenvalue weighted by Crippen LogP contribution is -2.47. The van der Waals surface area contributed by atoms with Crippen molar-refractivity contribution in [1.82, 2.24) is 14.8 Å². The maximum absolute atomic E-state index is 13.0. The van der Waals surface area contributed by atoms with Crippen LogP contribution in [0.15, 0.2) is 18.3 Å². The van der Waals surface area contributed by atoms with Gasteiger partial charge in [0.05, 0.1) is 0 Å². The zero-order valence-corrected chi connectivity index (χ0v) is 13.1. The van der Waals surface area contributed by atoms with E-state index < -0.39 is 0 Å². The molecule has 1 N–H and O–H groups in total. The van der Waals surface area contributed by atoms with E-state index in [0.717, 1.165) is 44.6 Å². The van der Waals surface area contributed by atoms with Crippen LogP contribution in [0.3, 0.4) is 0 Å². The third kappa shape index (κ3) is 3.00. The maximum atomic E-state index is 13.0. The monoisotopic (exact) mass is 289 g/mol. The van der Waals surface area contributed by atoms with E-state index in [4.69, 9.17) is 0 Å². The van der Waals surface area contributed by atoms with E-state index in [1.54, 1.807) is 0 Å². The molecule has 1 amide bonds. The summed E-state index contributed by atoms with van der Waals surface area (Å²) in [5, 5.41) is 3.39. The molecular weight excluding hydrogens is 262 g/mol. The van der Waals surface area contributed by atoms with Crippen LogP contribution in [0, 0.1) is 0 Å². The number of carbonyl (C=O) groups excluding carboxylic acids is 1. The molecule has 1 aliphatic heterocycles. The molecule has 0 radical (unpaired) electrons. The van der Waals surface area contributed by atoms with Crippen molar-refractivity contribution in [2.75, 3.05) is 19.6 Å². The first kappa shape index (κ1) is 14.6. The van der Waals surface area contributed by atoms with Crippen LogP contribution in [-0.4, -0.2) is 41.1 Å². The van der Waals surface area contributed by atoms with Crippen molar-refractivity contribution in [3.63, 3.8) is 0 Å². The lowest BCUT2D eigenvalue weighted by atomic mass is 9.92. The summed E-state index contributed by atoms with van der Waals surface area (Å²) >= 11 is 0. The Morgan fingerprint density at radius 3 is 2.71 bits per heavy atom. The number of nitrogens with one attached hydrogen (secondary N) is 1. The molecule has 4 nitrogen and oxygen atoms in total. The normalized spacial score (nSPS) is 20.2. The van der Waals surface area contributed by atoms with Gasteiger partial charge in [0.25, 0.3) is 5.91 Å². The minimum Gasteiger partial charge on any atom is -0.340 e. The van der Waals surface area contributed by atoms with E-state index in [1.165, 1.54) is 19.3 Å². The largest absolute Gasteiger partial charge is 0.340 e. The summed E-state index contributed by atoms with van der Waals surface area (Å²) in [5.41, 5.74) is 0.895. The number of hydrogen-bond donors (Lipinski definition) is 1. The number of piperidine rings is 1. The van der Waals surface area contributed by atoms with Gasteiger partial charge in [0.2, 0.25) is 0 Å². The summed E-state index contributed by atoms with van der Waals surface area (Å²) < 4.78 is 2.22. The minimum atomic E-state index is 0.237. The number of amides is 1. The molecular formula is C17H27N3O. The molecule has 2 aliphatic rings. The number of nitrogens with zero attached hydrogens (tertiary/aromatic N) is 2. The summed E-state index contributed by atoms with van der Waals surface area (Å²) in [5.74, 6) is 0.237. The Kier molecular flexibility index (Phi) is 4.63. The van der Waals surface area contributed by atoms with Gasteiger partial charge in [-0.15, -0.1) is 0 Å². The Labute approximate surface area is 127 Å². The molecule has 1 saturated heterocycles. The summed E-state index contributed by atoms with van der Waals surface area (Å²) in [6.07, 6.45) is 9.00. The topological polar surface area (TPSA) is 37.3 Å². The van der Waals surface area contributed by atoms with E-state index in [0.29, 0.717) is 12.1 Å². The Balaban J connectivity index is 1.78. The summed E-state index contributed by atoms with van der Waals surface area (Å²) in [6.45, 7) is 5.09. The smallest absolute Gasteiger partial charge is 0.270 e. The summed E-state index contributed by atoms with van der Waals surface area (Å²) in [6, 6.07) is 4.99. The van der Waals surface area contributed by atoms with Crippen molar-refractivity contribution in [2.24, 2.45) is 0 Å². The van der Waals surface area contributed by atoms with Gasteiger partial charge in [-0.25, -0.2) is 0 Å². The van der Waals surface area contributed by atoms with Crippen molar-refractivity contribution < 1.29 is 4.79 Å². The second kappa shape index (κ2) is 6.65. The van der Waals surface area contributed by atoms with Gasteiger partial charge in [-0.1, -0.05) is 6.92 Å². The van der Waals surface area contributed by atoms with Crippen LogP contribution >= 0.6 is 0 Å². The zero-order chi connectivity index (χ0) is 14.7. The first-order valence-corrected chi connectivity index (χ1v) is 8.49. The molecule has 3 rings (SSSR count). The highest BCUT2D eigenvalue weighted by Crippen LogP contribution is 2.33. The molecule has 0 atom stereocenters. The first-order chi connectivity index (χ1) is 10.3. The molecule has 21 heavy (non-hydrogen) atoms. The van der Waals surface area contributed by atoms with Crippen molar-refractivity contribution in [1.29, 1.82) is 0 Å². The molecule has 1 saturated carbocycles. The highest BCUT2D eigenvalue weighted by molar-refractivity contribution is 5.93. The fraction of sp³-hybridized carbons (Fsp3) is 0.706. The Morgan fingerprint density at radius 2 is 2.10 bits per heavy atom. The van der Waals surface area contributed by atoms with Crippen LogP contribution in [0.5, 0.6) is 0 Å². The molecule has 1 aliphatic carbocycles. The summed E-state index contributed by atoms with van der Waals surface area (Å²) in [7, 11) is 0. The van der Waals surface area contributed by atoms with Crippen LogP contribution < -0.4 is 5.32 Å². The number of carbonyl (C=O) groups is 1. The molecule has 0 bridgehead atoms. The molecule has 4 heteroatoms. The molecule has 116 valence electrons. The van der Waals surface area contributed by atoms with Crippen molar-refractivity contribution in [2.45, 2.75) is 57.5 Å². The third-order valence-corrected chi connectivity index (χ3v) is 4.94. The fourth-order valence-electron chi connectivity index (χ4n) is 3.51. The first-order valence-electron chi connectivity index (χ1n) is 8.49. The van der Waals surface area contributed by atoms with Crippen LogP contribution in [-0.2, 0) is 0 Å². The predicted octanol–water partition coefficient (Wildman–Crippen LogP) is 2.82. The van der Waals surface area contributed by atoms with Crippen LogP contribution in [0.2, 0.25) is 0 Å². The maximum Gasteiger partial charge on any atom is 0.270 e. The fourth-order valence-corrected chi connectivity index (χ4v) is 3.51. The molecule has 1 aromatic rings. The van der Waals surface area contributed by atoms with Crippen molar-refractivity contribution >= 4 is 5.91 Å². The molecule has 0 aromatic carbocycles. The predicted molar refractivity (Wildman–Crippen MR) is 84.5 cm³/mol. The van der Waals surface area contributed by atoms with E-state index in [9.17, 15) is 4.79 Å². The second-order valence-corrected chi connectivity index (χ2v) is 6.37. The average molecular weight is 289 g/mol. The van der Waals surface area contributed by atoms with E-state index in [1.807, 2.05) is 12.1 Å². The third-order valence-electron chi connectivity index (χ3n) is 4.94. The quantitative estimate of drug-likeness (QED) is 0.905. The van der Waals surface area contributed by atoms with Gasteiger partial charge in [0.15, 0.2) is 0 Å². The average Bonchev–Trinajstić information content (AvgIpc) is 2.92. The van der Waals surface area contributed by atoms with E-state index in [2.05, 4.69) is 27.9 Å². The van der Waals surface area contributed by atoms with Gasteiger partial charge in [0, 0.05) is 24.8 Å². The second-order valence-electron chi connectivity index (χ2n) is 6.37. The van der Waals surface area contributed by atoms with Crippen molar-refractivity contribution in [3.8, 4) is 0 Å². The SMILES string of the molecule is CCCN(C(=O)c1cccn1C1CCC1)C1CCNCC1. The van der Waals surface area contributed by atoms with Gasteiger partial charge in [-0.05, 0) is 63.7 Å². The van der Waals surface area contributed by atoms with Gasteiger partial charge < -0.3 is 14.8 Å². The van der Waals surface area contributed by atoms with Crippen molar-refractivity contribution in [3.05, 3.63) is 24.0 Å². The van der Waals surface area contributed by atoms with Gasteiger partial charge >= 0.3 is 0 Å². The lowest BCUT2D eigenvalue weighted by molar-refractivity contribution is 0.0625. The van der Waals surface area contributed by atoms with Crippen LogP contribution in [0.25, 0.3) is 0 Å². The number of aromatic nitrogens is 1. The van der Waals surface area contributed by atoms with E-state index >= 15 is 0 Å². The molecule has 0 unspecified atom stereocenters. The van der Waals surface area contributed by atoms with Gasteiger partial charge in [-0.2, -0.15) is 0 Å². The number of hydrogen-bond acceptors (Lipinski definition) is 2. The van der Waals surface area contributed by atoms with Crippen LogP contribution in [0.1, 0.15) is 62.0 Å². The van der Waals surface area contributed by atoms with Gasteiger partial charge in [-0.3, -0.25) is 4.79 Å². The Hall–Kier alpha value is -1.29. The molecule has 2 heterocycles. The molecule has 1 aromatic heterocycles. The Morgan fingerprint density at radius 1 is 1.33 bits per heavy atom. The van der Waals surface area contributed by atoms with Crippen LogP contribution in [0.4, 0.5) is 0 Å². The number of rotatable bonds is 5. The summed E-state index contributed by atoms with van der Waals surface area (Å²) in [4.78, 5) is 15.2. The zero-order valence-electron chi connectivity index (χ0n) is 13.1. The lowest BCUT2D eigenvalue weighted by Gasteiger charge is -2.36. The Bertz CT molecular complexity index is 472. The highest BCUT2D eigenvalue weighted by Gasteiger charge is 2.29. The van der Waals surface area contributed by atoms with Gasteiger partial charge in [0.1, 0.15) is 5.69 Å². The standard InChI is InChI=1S/C17H27N3O/c1-2-12-20(15-8-10-18-11-9-15)17(21)16-7-4-13-19(16)14-5-3-6-14/h4,7,13-15,18H,2-3,5-6,8-12H2,1H3. The van der Waals surface area contributed by atoms with E-state index in [-0.39, 0.29) is 5.91 Å².